The molecule has 3 heterocycles. The topological polar surface area (TPSA) is 119 Å². The molecule has 0 spiro atoms. The van der Waals surface area contributed by atoms with Crippen LogP contribution in [0.4, 0.5) is 4.79 Å². The summed E-state index contributed by atoms with van der Waals surface area (Å²) >= 11 is 0. The highest BCUT2D eigenvalue weighted by atomic mass is 32.2. The van der Waals surface area contributed by atoms with Crippen LogP contribution in [0.1, 0.15) is 5.56 Å². The summed E-state index contributed by atoms with van der Waals surface area (Å²) in [5, 5.41) is 13.6. The van der Waals surface area contributed by atoms with Crippen LogP contribution in [0.5, 0.6) is 0 Å². The Kier molecular flexibility index (Phi) is 5.51. The predicted molar refractivity (Wildman–Crippen MR) is 128 cm³/mol. The molecule has 176 valence electrons. The maximum atomic E-state index is 12.8. The molecule has 0 amide bonds. The lowest BCUT2D eigenvalue weighted by molar-refractivity contribution is -0.249. The molecule has 1 aliphatic rings. The Labute approximate surface area is 195 Å². The number of carbonyl (C=O) groups excluding carboxylic acids is 1. The second-order valence-electron chi connectivity index (χ2n) is 8.56. The highest BCUT2D eigenvalue weighted by Crippen LogP contribution is 2.28. The summed E-state index contributed by atoms with van der Waals surface area (Å²) in [5.41, 5.74) is 2.12. The summed E-state index contributed by atoms with van der Waals surface area (Å²) in [7, 11) is -3.20. The number of hydrogen-bond acceptors (Lipinski definition) is 6. The van der Waals surface area contributed by atoms with Gasteiger partial charge in [0.2, 0.25) is 10.0 Å². The second kappa shape index (κ2) is 8.39. The Morgan fingerprint density at radius 1 is 1.00 bits per heavy atom. The number of rotatable bonds is 4. The Morgan fingerprint density at radius 3 is 2.44 bits per heavy atom. The molecule has 0 atom stereocenters. The van der Waals surface area contributed by atoms with Crippen LogP contribution in [0.3, 0.4) is 0 Å². The normalized spacial score (nSPS) is 15.8. The van der Waals surface area contributed by atoms with Crippen LogP contribution in [0.25, 0.3) is 33.1 Å². The number of nitrogens with one attached hydrogen (secondary N) is 1. The molecule has 2 aromatic heterocycles. The second-order valence-corrected chi connectivity index (χ2v) is 10.5. The first-order valence-electron chi connectivity index (χ1n) is 10.9. The molecule has 0 bridgehead atoms. The van der Waals surface area contributed by atoms with Crippen LogP contribution in [0.2, 0.25) is 0 Å². The molecule has 1 fully saturated rings. The smallest absolute Gasteiger partial charge is 0.257 e. The Balaban J connectivity index is 1.51. The van der Waals surface area contributed by atoms with Crippen LogP contribution < -0.4 is 10.7 Å². The fraction of sp³-hybridized carbons (Fsp3) is 0.250. The lowest BCUT2D eigenvalue weighted by Gasteiger charge is -2.33. The van der Waals surface area contributed by atoms with Crippen molar-refractivity contribution in [3.63, 3.8) is 0 Å². The van der Waals surface area contributed by atoms with Gasteiger partial charge in [-0.05, 0) is 35.2 Å². The Morgan fingerprint density at radius 2 is 1.74 bits per heavy atom. The zero-order valence-corrected chi connectivity index (χ0v) is 19.3. The van der Waals surface area contributed by atoms with E-state index in [-0.39, 0.29) is 16.8 Å². The summed E-state index contributed by atoms with van der Waals surface area (Å²) in [6.45, 7) is 2.57. The van der Waals surface area contributed by atoms with Crippen molar-refractivity contribution in [2.45, 2.75) is 6.54 Å². The van der Waals surface area contributed by atoms with Crippen molar-refractivity contribution in [2.75, 3.05) is 32.4 Å². The van der Waals surface area contributed by atoms with Gasteiger partial charge in [0.25, 0.3) is 5.56 Å². The molecule has 10 heteroatoms. The SMILES string of the molecule is CS(=O)(=O)N1CCN(Cc2ccc3cc(-c4cc5ccccc5[nH]c4=O)n(C(=O)[O-])c3c2)CC1. The Hall–Kier alpha value is -3.47. The number of sulfonamides is 1. The fourth-order valence-electron chi connectivity index (χ4n) is 4.55. The maximum Gasteiger partial charge on any atom is 0.257 e. The van der Waals surface area contributed by atoms with Crippen LogP contribution in [0, 0.1) is 0 Å². The molecule has 4 aromatic rings. The molecule has 0 aliphatic carbocycles. The highest BCUT2D eigenvalue weighted by Gasteiger charge is 2.23. The minimum Gasteiger partial charge on any atom is -0.529 e. The van der Waals surface area contributed by atoms with E-state index in [9.17, 15) is 23.1 Å². The third kappa shape index (κ3) is 4.11. The number of hydrogen-bond donors (Lipinski definition) is 1. The number of para-hydroxylation sites is 1. The summed E-state index contributed by atoms with van der Waals surface area (Å²) in [6, 6.07) is 16.2. The van der Waals surface area contributed by atoms with Gasteiger partial charge in [0.15, 0.2) is 0 Å². The molecule has 1 saturated heterocycles. The van der Waals surface area contributed by atoms with Crippen molar-refractivity contribution in [1.29, 1.82) is 0 Å². The van der Waals surface area contributed by atoms with Crippen molar-refractivity contribution in [3.05, 3.63) is 70.5 Å². The summed E-state index contributed by atoms with van der Waals surface area (Å²) in [6.07, 6.45) is -0.209. The summed E-state index contributed by atoms with van der Waals surface area (Å²) in [5.74, 6) is 0. The number of carboxylic acid groups (broad SMARTS) is 1. The average Bonchev–Trinajstić information content (AvgIpc) is 3.17. The zero-order valence-electron chi connectivity index (χ0n) is 18.5. The maximum absolute atomic E-state index is 12.8. The first kappa shape index (κ1) is 22.3. The van der Waals surface area contributed by atoms with Gasteiger partial charge >= 0.3 is 0 Å². The standard InChI is InChI=1S/C24H24N4O5S/c1-34(32,33)27-10-8-26(9-11-27)15-16-6-7-18-14-22(28(24(30)31)21(18)12-16)19-13-17-4-2-3-5-20(17)25-23(19)29/h2-7,12-14H,8-11,15H2,1H3,(H,25,29)(H,30,31)/p-1. The van der Waals surface area contributed by atoms with E-state index in [1.54, 1.807) is 24.3 Å². The number of H-pyrrole nitrogens is 1. The fourth-order valence-corrected chi connectivity index (χ4v) is 5.38. The van der Waals surface area contributed by atoms with E-state index in [0.29, 0.717) is 49.1 Å². The van der Waals surface area contributed by atoms with Gasteiger partial charge in [-0.1, -0.05) is 30.3 Å². The number of pyridine rings is 1. The van der Waals surface area contributed by atoms with Gasteiger partial charge in [0.05, 0.1) is 23.0 Å². The van der Waals surface area contributed by atoms with Crippen molar-refractivity contribution in [1.82, 2.24) is 18.8 Å². The molecule has 0 radical (unpaired) electrons. The number of piperazine rings is 1. The van der Waals surface area contributed by atoms with Crippen LogP contribution in [-0.4, -0.2) is 65.7 Å². The zero-order chi connectivity index (χ0) is 24.0. The molecular weight excluding hydrogens is 456 g/mol. The van der Waals surface area contributed by atoms with Gasteiger partial charge in [0, 0.05) is 43.6 Å². The van der Waals surface area contributed by atoms with Crippen molar-refractivity contribution in [3.8, 4) is 11.3 Å². The molecule has 34 heavy (non-hydrogen) atoms. The van der Waals surface area contributed by atoms with Crippen LogP contribution >= 0.6 is 0 Å². The van der Waals surface area contributed by atoms with Gasteiger partial charge in [-0.15, -0.1) is 0 Å². The minimum absolute atomic E-state index is 0.248. The van der Waals surface area contributed by atoms with Gasteiger partial charge < -0.3 is 14.9 Å². The molecule has 5 rings (SSSR count). The largest absolute Gasteiger partial charge is 0.529 e. The molecular formula is C24H23N4O5S-. The lowest BCUT2D eigenvalue weighted by atomic mass is 10.1. The van der Waals surface area contributed by atoms with Gasteiger partial charge in [-0.2, -0.15) is 4.31 Å². The molecule has 0 saturated carbocycles. The first-order valence-corrected chi connectivity index (χ1v) is 12.7. The number of fused-ring (bicyclic) bond motifs is 2. The predicted octanol–water partition coefficient (Wildman–Crippen LogP) is 1.42. The van der Waals surface area contributed by atoms with Crippen LogP contribution in [0.15, 0.2) is 59.4 Å². The first-order chi connectivity index (χ1) is 16.2. The van der Waals surface area contributed by atoms with E-state index in [1.807, 2.05) is 30.3 Å². The van der Waals surface area contributed by atoms with E-state index >= 15 is 0 Å². The van der Waals surface area contributed by atoms with Gasteiger partial charge in [0.1, 0.15) is 6.09 Å². The molecule has 9 nitrogen and oxygen atoms in total. The quantitative estimate of drug-likeness (QED) is 0.473. The number of aromatic amines is 1. The monoisotopic (exact) mass is 479 g/mol. The van der Waals surface area contributed by atoms with Gasteiger partial charge in [-0.25, -0.2) is 8.42 Å². The van der Waals surface area contributed by atoms with Gasteiger partial charge in [-0.3, -0.25) is 14.3 Å². The van der Waals surface area contributed by atoms with E-state index in [4.69, 9.17) is 0 Å². The summed E-state index contributed by atoms with van der Waals surface area (Å²) < 4.78 is 26.0. The third-order valence-electron chi connectivity index (χ3n) is 6.29. The van der Waals surface area contributed by atoms with Crippen molar-refractivity contribution < 1.29 is 18.3 Å². The molecule has 1 N–H and O–H groups in total. The molecule has 0 unspecified atom stereocenters. The van der Waals surface area contributed by atoms with Crippen LogP contribution in [-0.2, 0) is 16.6 Å². The highest BCUT2D eigenvalue weighted by molar-refractivity contribution is 7.88. The molecule has 2 aromatic carbocycles. The average molecular weight is 480 g/mol. The van der Waals surface area contributed by atoms with E-state index in [1.165, 1.54) is 10.6 Å². The third-order valence-corrected chi connectivity index (χ3v) is 7.59. The molecule has 1 aliphatic heterocycles. The number of benzene rings is 2. The Bertz CT molecular complexity index is 1580. The van der Waals surface area contributed by atoms with Crippen molar-refractivity contribution in [2.24, 2.45) is 0 Å². The number of nitrogens with zero attached hydrogens (tertiary/aromatic N) is 3. The lowest BCUT2D eigenvalue weighted by Crippen LogP contribution is -2.47. The van der Waals surface area contributed by atoms with E-state index < -0.39 is 16.1 Å². The van der Waals surface area contributed by atoms with E-state index in [2.05, 4.69) is 9.88 Å². The summed E-state index contributed by atoms with van der Waals surface area (Å²) in [4.78, 5) is 29.9. The minimum atomic E-state index is -3.20. The number of carbonyl (C=O) groups is 1. The number of aromatic nitrogens is 2. The van der Waals surface area contributed by atoms with Crippen molar-refractivity contribution >= 4 is 37.9 Å². The van der Waals surface area contributed by atoms with E-state index in [0.717, 1.165) is 15.5 Å².